The molecular weight excluding hydrogens is 472 g/mol. The van der Waals surface area contributed by atoms with Crippen molar-refractivity contribution < 1.29 is 9.59 Å². The van der Waals surface area contributed by atoms with Gasteiger partial charge in [-0.25, -0.2) is 4.98 Å². The molecule has 0 spiro atoms. The van der Waals surface area contributed by atoms with Crippen LogP contribution in [0.3, 0.4) is 0 Å². The molecule has 2 aliphatic rings. The van der Waals surface area contributed by atoms with Crippen LogP contribution in [-0.2, 0) is 0 Å². The van der Waals surface area contributed by atoms with Gasteiger partial charge < -0.3 is 15.5 Å². The normalized spacial score (nSPS) is 22.3. The quantitative estimate of drug-likeness (QED) is 0.609. The van der Waals surface area contributed by atoms with Gasteiger partial charge in [-0.2, -0.15) is 0 Å². The Kier molecular flexibility index (Phi) is 4.93. The van der Waals surface area contributed by atoms with Gasteiger partial charge in [-0.15, -0.1) is 22.7 Å². The van der Waals surface area contributed by atoms with Crippen LogP contribution in [0.15, 0.2) is 40.3 Å². The number of benzene rings is 1. The van der Waals surface area contributed by atoms with E-state index in [1.165, 1.54) is 22.7 Å². The van der Waals surface area contributed by atoms with E-state index in [1.54, 1.807) is 6.20 Å². The van der Waals surface area contributed by atoms with Crippen molar-refractivity contribution in [2.75, 3.05) is 19.6 Å². The molecule has 2 amide bonds. The molecule has 2 unspecified atom stereocenters. The summed E-state index contributed by atoms with van der Waals surface area (Å²) < 4.78 is 2.10. The molecule has 2 aliphatic heterocycles. The summed E-state index contributed by atoms with van der Waals surface area (Å²) in [6, 6.07) is 7.91. The van der Waals surface area contributed by atoms with Crippen molar-refractivity contribution in [2.24, 2.45) is 11.7 Å². The molecule has 0 saturated carbocycles. The maximum Gasteiger partial charge on any atom is 0.283 e. The fourth-order valence-corrected chi connectivity index (χ4v) is 6.47. The smallest absolute Gasteiger partial charge is 0.283 e. The monoisotopic (exact) mass is 490 g/mol. The van der Waals surface area contributed by atoms with E-state index >= 15 is 0 Å². The van der Waals surface area contributed by atoms with E-state index in [9.17, 15) is 9.59 Å². The Morgan fingerprint density at radius 3 is 2.79 bits per heavy atom. The maximum atomic E-state index is 12.9. The van der Waals surface area contributed by atoms with Gasteiger partial charge >= 0.3 is 0 Å². The molecule has 0 radical (unpaired) electrons. The highest BCUT2D eigenvalue weighted by Crippen LogP contribution is 2.34. The second-order valence-corrected chi connectivity index (χ2v) is 10.4. The summed E-state index contributed by atoms with van der Waals surface area (Å²) in [5.74, 6) is 0.227. The van der Waals surface area contributed by atoms with E-state index < -0.39 is 0 Å². The van der Waals surface area contributed by atoms with E-state index in [-0.39, 0.29) is 29.8 Å². The van der Waals surface area contributed by atoms with E-state index in [1.807, 2.05) is 39.4 Å². The zero-order valence-electron chi connectivity index (χ0n) is 15.5. The van der Waals surface area contributed by atoms with Crippen LogP contribution >= 0.6 is 38.6 Å². The van der Waals surface area contributed by atoms with Crippen molar-refractivity contribution in [1.82, 2.24) is 14.8 Å². The summed E-state index contributed by atoms with van der Waals surface area (Å²) in [7, 11) is 0. The van der Waals surface area contributed by atoms with Crippen LogP contribution in [-0.4, -0.2) is 58.3 Å². The molecule has 2 aromatic heterocycles. The van der Waals surface area contributed by atoms with Crippen molar-refractivity contribution >= 4 is 60.5 Å². The Morgan fingerprint density at radius 2 is 2.03 bits per heavy atom. The molecule has 5 rings (SSSR count). The number of rotatable bonds is 3. The highest BCUT2D eigenvalue weighted by Gasteiger charge is 2.46. The zero-order valence-corrected chi connectivity index (χ0v) is 18.7. The summed E-state index contributed by atoms with van der Waals surface area (Å²) in [5, 5.41) is 3.40. The molecule has 2 atom stereocenters. The van der Waals surface area contributed by atoms with Gasteiger partial charge in [-0.05, 0) is 30.0 Å². The molecule has 2 N–H and O–H groups in total. The van der Waals surface area contributed by atoms with Gasteiger partial charge in [0, 0.05) is 52.3 Å². The first-order valence-corrected chi connectivity index (χ1v) is 11.9. The highest BCUT2D eigenvalue weighted by atomic mass is 79.9. The topological polar surface area (TPSA) is 79.5 Å². The molecule has 6 nitrogen and oxygen atoms in total. The Hall–Kier alpha value is -1.81. The molecule has 3 aromatic rings. The van der Waals surface area contributed by atoms with Crippen LogP contribution in [0.5, 0.6) is 0 Å². The van der Waals surface area contributed by atoms with Gasteiger partial charge in [0.15, 0.2) is 5.01 Å². The number of likely N-dealkylation sites (tertiary alicyclic amines) is 2. The summed E-state index contributed by atoms with van der Waals surface area (Å²) in [4.78, 5) is 34.4. The van der Waals surface area contributed by atoms with E-state index in [0.717, 1.165) is 25.9 Å². The molecular formula is C20H19BrN4O2S2. The first-order valence-electron chi connectivity index (χ1n) is 9.45. The van der Waals surface area contributed by atoms with Crippen molar-refractivity contribution in [1.29, 1.82) is 0 Å². The number of amides is 2. The third-order valence-corrected chi connectivity index (χ3v) is 8.09. The lowest BCUT2D eigenvalue weighted by molar-refractivity contribution is 0.0247. The van der Waals surface area contributed by atoms with E-state index in [4.69, 9.17) is 5.73 Å². The number of hydrogen-bond acceptors (Lipinski definition) is 6. The molecule has 2 saturated heterocycles. The number of nitrogens with zero attached hydrogens (tertiary/aromatic N) is 3. The highest BCUT2D eigenvalue weighted by molar-refractivity contribution is 9.10. The second-order valence-electron chi connectivity index (χ2n) is 7.54. The first kappa shape index (κ1) is 19.2. The zero-order chi connectivity index (χ0) is 20.1. The summed E-state index contributed by atoms with van der Waals surface area (Å²) in [6.45, 7) is 1.92. The Labute approximate surface area is 184 Å². The SMILES string of the molecule is NC1CCN(C(=O)c2nccs2)C1C1CN(C(=O)c2cc3ccc(Br)cc3s2)C1. The fraction of sp³-hybridized carbons (Fsp3) is 0.350. The van der Waals surface area contributed by atoms with Gasteiger partial charge in [0.1, 0.15) is 0 Å². The van der Waals surface area contributed by atoms with Gasteiger partial charge in [0.25, 0.3) is 11.8 Å². The van der Waals surface area contributed by atoms with Crippen LogP contribution in [0.25, 0.3) is 10.1 Å². The van der Waals surface area contributed by atoms with Crippen LogP contribution in [0.4, 0.5) is 0 Å². The first-order chi connectivity index (χ1) is 14.0. The summed E-state index contributed by atoms with van der Waals surface area (Å²) in [5.41, 5.74) is 6.35. The molecule has 0 aliphatic carbocycles. The lowest BCUT2D eigenvalue weighted by Crippen LogP contribution is -2.61. The predicted molar refractivity (Wildman–Crippen MR) is 118 cm³/mol. The molecule has 0 bridgehead atoms. The van der Waals surface area contributed by atoms with Gasteiger partial charge in [0.05, 0.1) is 10.9 Å². The minimum Gasteiger partial charge on any atom is -0.337 e. The fourth-order valence-electron chi connectivity index (χ4n) is 4.29. The molecule has 9 heteroatoms. The molecule has 29 heavy (non-hydrogen) atoms. The molecule has 2 fully saturated rings. The number of halogens is 1. The lowest BCUT2D eigenvalue weighted by Gasteiger charge is -2.45. The minimum atomic E-state index is -0.0529. The van der Waals surface area contributed by atoms with Crippen molar-refractivity contribution in [3.05, 3.63) is 50.2 Å². The standard InChI is InChI=1S/C20H19BrN4O2S2/c21-13-2-1-11-7-16(29-15(11)8-13)19(26)24-9-12(10-24)17-14(22)3-5-25(17)20(27)18-23-4-6-28-18/h1-2,4,6-8,12,14,17H,3,5,9-10,22H2. The summed E-state index contributed by atoms with van der Waals surface area (Å²) in [6.07, 6.45) is 2.44. The van der Waals surface area contributed by atoms with Crippen LogP contribution in [0.2, 0.25) is 0 Å². The van der Waals surface area contributed by atoms with Crippen LogP contribution in [0, 0.1) is 5.92 Å². The van der Waals surface area contributed by atoms with Gasteiger partial charge in [-0.3, -0.25) is 9.59 Å². The van der Waals surface area contributed by atoms with Gasteiger partial charge in [-0.1, -0.05) is 22.0 Å². The summed E-state index contributed by atoms with van der Waals surface area (Å²) >= 11 is 6.35. The molecule has 4 heterocycles. The number of carbonyl (C=O) groups excluding carboxylic acids is 2. The number of aromatic nitrogens is 1. The number of carbonyl (C=O) groups is 2. The number of thiophene rings is 1. The predicted octanol–water partition coefficient (Wildman–Crippen LogP) is 3.43. The average molecular weight is 491 g/mol. The Morgan fingerprint density at radius 1 is 1.21 bits per heavy atom. The third kappa shape index (κ3) is 3.39. The third-order valence-electron chi connectivity index (χ3n) is 5.75. The largest absolute Gasteiger partial charge is 0.337 e. The lowest BCUT2D eigenvalue weighted by atomic mass is 9.87. The number of thiazole rings is 1. The van der Waals surface area contributed by atoms with Crippen molar-refractivity contribution in [3.63, 3.8) is 0 Å². The second kappa shape index (κ2) is 7.46. The van der Waals surface area contributed by atoms with E-state index in [2.05, 4.69) is 20.9 Å². The maximum absolute atomic E-state index is 12.9. The van der Waals surface area contributed by atoms with Crippen LogP contribution in [0.1, 0.15) is 25.9 Å². The Bertz CT molecular complexity index is 1080. The minimum absolute atomic E-state index is 0.0335. The molecule has 1 aromatic carbocycles. The number of fused-ring (bicyclic) bond motifs is 1. The van der Waals surface area contributed by atoms with Crippen molar-refractivity contribution in [3.8, 4) is 0 Å². The number of hydrogen-bond donors (Lipinski definition) is 1. The van der Waals surface area contributed by atoms with Crippen LogP contribution < -0.4 is 5.73 Å². The Balaban J connectivity index is 1.28. The van der Waals surface area contributed by atoms with Gasteiger partial charge in [0.2, 0.25) is 0 Å². The average Bonchev–Trinajstić information content (AvgIpc) is 3.40. The van der Waals surface area contributed by atoms with Crippen molar-refractivity contribution in [2.45, 2.75) is 18.5 Å². The molecule has 150 valence electrons. The number of nitrogens with two attached hydrogens (primary N) is 1. The van der Waals surface area contributed by atoms with E-state index in [0.29, 0.717) is 24.6 Å².